The molecule has 1 amide bonds. The maximum atomic E-state index is 12.8. The Bertz CT molecular complexity index is 922. The van der Waals surface area contributed by atoms with E-state index < -0.39 is 5.97 Å². The van der Waals surface area contributed by atoms with Crippen LogP contribution in [0.25, 0.3) is 0 Å². The Labute approximate surface area is 164 Å². The summed E-state index contributed by atoms with van der Waals surface area (Å²) in [5.74, 6) is -0.254. The predicted molar refractivity (Wildman–Crippen MR) is 108 cm³/mol. The Morgan fingerprint density at radius 1 is 1.07 bits per heavy atom. The molecule has 146 valence electrons. The summed E-state index contributed by atoms with van der Waals surface area (Å²) >= 11 is 0. The molecule has 4 rings (SSSR count). The first kappa shape index (κ1) is 18.3. The summed E-state index contributed by atoms with van der Waals surface area (Å²) in [6.45, 7) is 0. The van der Waals surface area contributed by atoms with Crippen LogP contribution in [-0.2, 0) is 4.79 Å². The molecule has 2 aromatic rings. The van der Waals surface area contributed by atoms with Crippen molar-refractivity contribution in [1.29, 1.82) is 0 Å². The van der Waals surface area contributed by atoms with Gasteiger partial charge in [0.05, 0.1) is 34.7 Å². The molecule has 1 aliphatic carbocycles. The van der Waals surface area contributed by atoms with Crippen LogP contribution in [0, 0.1) is 5.92 Å². The van der Waals surface area contributed by atoms with Gasteiger partial charge in [-0.1, -0.05) is 12.1 Å². The number of benzene rings is 1. The largest absolute Gasteiger partial charge is 0.481 e. The third-order valence-corrected chi connectivity index (χ3v) is 5.81. The number of nitrogens with one attached hydrogen (secondary N) is 1. The van der Waals surface area contributed by atoms with Gasteiger partial charge in [0.1, 0.15) is 5.82 Å². The molecule has 2 aliphatic rings. The first-order valence-corrected chi connectivity index (χ1v) is 9.56. The number of para-hydroxylation sites is 1. The van der Waals surface area contributed by atoms with Gasteiger partial charge in [0.15, 0.2) is 0 Å². The Hall–Kier alpha value is -3.09. The van der Waals surface area contributed by atoms with Crippen molar-refractivity contribution in [2.45, 2.75) is 31.7 Å². The van der Waals surface area contributed by atoms with Gasteiger partial charge in [-0.05, 0) is 37.8 Å². The lowest BCUT2D eigenvalue weighted by atomic mass is 9.86. The minimum absolute atomic E-state index is 0.0595. The van der Waals surface area contributed by atoms with Crippen LogP contribution < -0.4 is 15.1 Å². The highest BCUT2D eigenvalue weighted by atomic mass is 16.4. The highest BCUT2D eigenvalue weighted by Crippen LogP contribution is 2.40. The molecular formula is C21H24N4O3. The van der Waals surface area contributed by atoms with Crippen LogP contribution in [0.5, 0.6) is 0 Å². The number of nitrogens with zero attached hydrogens (tertiary/aromatic N) is 3. The van der Waals surface area contributed by atoms with Crippen molar-refractivity contribution in [1.82, 2.24) is 4.98 Å². The summed E-state index contributed by atoms with van der Waals surface area (Å²) in [6, 6.07) is 9.75. The second-order valence-electron chi connectivity index (χ2n) is 7.53. The van der Waals surface area contributed by atoms with Gasteiger partial charge in [0.25, 0.3) is 5.91 Å². The van der Waals surface area contributed by atoms with E-state index in [0.717, 1.165) is 35.7 Å². The Kier molecular flexibility index (Phi) is 4.66. The molecule has 1 aromatic carbocycles. The van der Waals surface area contributed by atoms with E-state index in [1.807, 2.05) is 42.3 Å². The highest BCUT2D eigenvalue weighted by molar-refractivity contribution is 6.13. The smallest absolute Gasteiger partial charge is 0.306 e. The average molecular weight is 380 g/mol. The van der Waals surface area contributed by atoms with Crippen molar-refractivity contribution in [3.63, 3.8) is 0 Å². The minimum atomic E-state index is -0.699. The third kappa shape index (κ3) is 3.17. The number of carboxylic acids is 1. The Morgan fingerprint density at radius 3 is 2.50 bits per heavy atom. The van der Waals surface area contributed by atoms with E-state index in [-0.39, 0.29) is 17.9 Å². The molecule has 0 unspecified atom stereocenters. The van der Waals surface area contributed by atoms with E-state index in [1.54, 1.807) is 18.1 Å². The summed E-state index contributed by atoms with van der Waals surface area (Å²) in [4.78, 5) is 32.1. The number of carboxylic acid groups (broad SMARTS) is 1. The van der Waals surface area contributed by atoms with Gasteiger partial charge >= 0.3 is 5.97 Å². The molecule has 1 fully saturated rings. The second kappa shape index (κ2) is 7.14. The van der Waals surface area contributed by atoms with Crippen molar-refractivity contribution in [2.24, 2.45) is 5.92 Å². The second-order valence-corrected chi connectivity index (χ2v) is 7.53. The van der Waals surface area contributed by atoms with Gasteiger partial charge in [-0.3, -0.25) is 9.59 Å². The van der Waals surface area contributed by atoms with E-state index >= 15 is 0 Å². The molecule has 0 spiro atoms. The van der Waals surface area contributed by atoms with Crippen molar-refractivity contribution in [3.8, 4) is 0 Å². The number of rotatable bonds is 3. The van der Waals surface area contributed by atoms with Gasteiger partial charge < -0.3 is 20.2 Å². The molecule has 1 saturated carbocycles. The summed E-state index contributed by atoms with van der Waals surface area (Å²) in [5, 5.41) is 12.6. The third-order valence-electron chi connectivity index (χ3n) is 5.81. The molecule has 0 atom stereocenters. The maximum absolute atomic E-state index is 12.8. The molecule has 7 nitrogen and oxygen atoms in total. The Morgan fingerprint density at radius 2 is 1.79 bits per heavy atom. The molecule has 1 aromatic heterocycles. The zero-order chi connectivity index (χ0) is 19.8. The molecular weight excluding hydrogens is 356 g/mol. The van der Waals surface area contributed by atoms with Crippen LogP contribution in [0.4, 0.5) is 22.9 Å². The standard InChI is InChI=1S/C21H24N4O3/c1-24-16-6-4-3-5-15(16)20(26)25(2)18-12-22-19(11-17(18)24)23-14-9-7-13(8-10-14)21(27)28/h3-6,11-14H,7-10H2,1-2H3,(H,22,23)(H,27,28)/t13-,14-. The van der Waals surface area contributed by atoms with Gasteiger partial charge in [-0.15, -0.1) is 0 Å². The molecule has 0 saturated heterocycles. The number of carbonyl (C=O) groups is 2. The lowest BCUT2D eigenvalue weighted by molar-refractivity contribution is -0.142. The number of aliphatic carboxylic acids is 1. The van der Waals surface area contributed by atoms with E-state index in [0.29, 0.717) is 18.4 Å². The lowest BCUT2D eigenvalue weighted by Crippen LogP contribution is -2.29. The van der Waals surface area contributed by atoms with E-state index in [2.05, 4.69) is 10.3 Å². The maximum Gasteiger partial charge on any atom is 0.306 e. The summed E-state index contributed by atoms with van der Waals surface area (Å²) in [6.07, 6.45) is 4.71. The molecule has 1 aliphatic heterocycles. The lowest BCUT2D eigenvalue weighted by Gasteiger charge is -2.28. The number of fused-ring (bicyclic) bond motifs is 2. The molecule has 2 N–H and O–H groups in total. The zero-order valence-electron chi connectivity index (χ0n) is 16.1. The molecule has 28 heavy (non-hydrogen) atoms. The van der Waals surface area contributed by atoms with Gasteiger partial charge in [0, 0.05) is 26.2 Å². The number of amides is 1. The predicted octanol–water partition coefficient (Wildman–Crippen LogP) is 3.49. The minimum Gasteiger partial charge on any atom is -0.481 e. The van der Waals surface area contributed by atoms with E-state index in [9.17, 15) is 9.59 Å². The summed E-state index contributed by atoms with van der Waals surface area (Å²) < 4.78 is 0. The van der Waals surface area contributed by atoms with Crippen LogP contribution in [-0.4, -0.2) is 42.1 Å². The molecule has 0 bridgehead atoms. The number of pyridine rings is 1. The first-order chi connectivity index (χ1) is 13.5. The fourth-order valence-corrected chi connectivity index (χ4v) is 4.10. The van der Waals surface area contributed by atoms with Gasteiger partial charge in [-0.2, -0.15) is 0 Å². The fraction of sp³-hybridized carbons (Fsp3) is 0.381. The fourth-order valence-electron chi connectivity index (χ4n) is 4.10. The van der Waals surface area contributed by atoms with Crippen molar-refractivity contribution < 1.29 is 14.7 Å². The van der Waals surface area contributed by atoms with Crippen LogP contribution in [0.1, 0.15) is 36.0 Å². The van der Waals surface area contributed by atoms with Crippen molar-refractivity contribution in [3.05, 3.63) is 42.1 Å². The Balaban J connectivity index is 1.60. The van der Waals surface area contributed by atoms with Gasteiger partial charge in [-0.25, -0.2) is 4.98 Å². The molecule has 7 heteroatoms. The summed E-state index contributed by atoms with van der Waals surface area (Å²) in [7, 11) is 3.71. The number of anilines is 4. The highest BCUT2D eigenvalue weighted by Gasteiger charge is 2.29. The van der Waals surface area contributed by atoms with E-state index in [1.165, 1.54) is 0 Å². The quantitative estimate of drug-likeness (QED) is 0.848. The number of carbonyl (C=O) groups excluding carboxylic acids is 1. The topological polar surface area (TPSA) is 85.8 Å². The van der Waals surface area contributed by atoms with Gasteiger partial charge in [0.2, 0.25) is 0 Å². The van der Waals surface area contributed by atoms with Crippen molar-refractivity contribution in [2.75, 3.05) is 29.2 Å². The van der Waals surface area contributed by atoms with Crippen LogP contribution >= 0.6 is 0 Å². The number of hydrogen-bond acceptors (Lipinski definition) is 5. The summed E-state index contributed by atoms with van der Waals surface area (Å²) in [5.41, 5.74) is 3.17. The van der Waals surface area contributed by atoms with Crippen LogP contribution in [0.2, 0.25) is 0 Å². The average Bonchev–Trinajstić information content (AvgIpc) is 2.79. The van der Waals surface area contributed by atoms with Crippen LogP contribution in [0.15, 0.2) is 36.5 Å². The monoisotopic (exact) mass is 380 g/mol. The molecule has 2 heterocycles. The number of hydrogen-bond donors (Lipinski definition) is 2. The SMILES string of the molecule is CN1C(=O)c2ccccc2N(C)c2cc(N[C@H]3CC[C@H](C(=O)O)CC3)ncc21. The van der Waals surface area contributed by atoms with E-state index in [4.69, 9.17) is 5.11 Å². The number of aromatic nitrogens is 1. The molecule has 0 radical (unpaired) electrons. The van der Waals surface area contributed by atoms with Crippen LogP contribution in [0.3, 0.4) is 0 Å². The normalized spacial score (nSPS) is 21.6. The van der Waals surface area contributed by atoms with Crippen molar-refractivity contribution >= 4 is 34.8 Å². The zero-order valence-corrected chi connectivity index (χ0v) is 16.1. The first-order valence-electron chi connectivity index (χ1n) is 9.56.